The van der Waals surface area contributed by atoms with Crippen molar-refractivity contribution in [2.45, 2.75) is 19.8 Å². The van der Waals surface area contributed by atoms with E-state index in [0.717, 1.165) is 44.2 Å². The lowest BCUT2D eigenvalue weighted by Gasteiger charge is -2.23. The Labute approximate surface area is 390 Å². The van der Waals surface area contributed by atoms with E-state index >= 15 is 0 Å². The van der Waals surface area contributed by atoms with Gasteiger partial charge in [0.25, 0.3) is 17.3 Å². The molecule has 330 valence electrons. The minimum Gasteiger partial charge on any atom is -0.489 e. The van der Waals surface area contributed by atoms with Crippen molar-refractivity contribution in [1.82, 2.24) is 4.98 Å². The van der Waals surface area contributed by atoms with E-state index in [-0.39, 0.29) is 27.0 Å². The summed E-state index contributed by atoms with van der Waals surface area (Å²) in [4.78, 5) is 37.8. The Balaban J connectivity index is 0.000000176. The van der Waals surface area contributed by atoms with Gasteiger partial charge in [0, 0.05) is 34.5 Å². The van der Waals surface area contributed by atoms with Crippen LogP contribution in [0.4, 0.5) is 17.1 Å². The highest BCUT2D eigenvalue weighted by Gasteiger charge is 2.18. The standard InChI is InChI=1S/C20H15ClN2O4.C20H13ClN2O3S.C10H16N/c21-18-11-6-15(12-19(18)23(25)26)20(24)22-16-7-9-17(10-8-16)27-13-14-4-2-1-3-5-14;21-16-8-6-14(10-18(16)23(24)25)20-22-17-9-7-15(11-19(17)27-20)26-12-13-4-2-1-3-5-13;1-11(2,3)9-10-7-5-4-6-8-10/h1-12H,13H2,(H,22,24);1-11H,12H2;4-8H,9H2,1-3H3/q;;+1. The van der Waals surface area contributed by atoms with E-state index < -0.39 is 15.8 Å². The Hall–Kier alpha value is -7.16. The van der Waals surface area contributed by atoms with Crippen molar-refractivity contribution in [3.05, 3.63) is 222 Å². The van der Waals surface area contributed by atoms with Crippen molar-refractivity contribution in [3.63, 3.8) is 0 Å². The number of anilines is 1. The first-order chi connectivity index (χ1) is 31.2. The topological polar surface area (TPSA) is 147 Å². The number of rotatable bonds is 13. The molecule has 1 heterocycles. The lowest BCUT2D eigenvalue weighted by atomic mass is 10.2. The molecule has 1 aromatic heterocycles. The summed E-state index contributed by atoms with van der Waals surface area (Å²) in [5, 5.41) is 25.5. The van der Waals surface area contributed by atoms with Gasteiger partial charge in [-0.2, -0.15) is 0 Å². The molecule has 0 aliphatic carbocycles. The molecule has 0 fully saturated rings. The molecule has 8 rings (SSSR count). The third-order valence-electron chi connectivity index (χ3n) is 9.26. The number of halogens is 2. The van der Waals surface area contributed by atoms with Gasteiger partial charge in [0.15, 0.2) is 0 Å². The van der Waals surface area contributed by atoms with E-state index in [1.807, 2.05) is 78.9 Å². The predicted octanol–water partition coefficient (Wildman–Crippen LogP) is 13.1. The fraction of sp³-hybridized carbons (Fsp3) is 0.120. The zero-order valence-electron chi connectivity index (χ0n) is 35.6. The number of nitro benzene ring substituents is 2. The van der Waals surface area contributed by atoms with Crippen molar-refractivity contribution in [2.75, 3.05) is 26.5 Å². The van der Waals surface area contributed by atoms with Gasteiger partial charge < -0.3 is 19.3 Å². The van der Waals surface area contributed by atoms with Crippen LogP contribution in [0.2, 0.25) is 10.0 Å². The highest BCUT2D eigenvalue weighted by molar-refractivity contribution is 7.21. The maximum Gasteiger partial charge on any atom is 0.288 e. The maximum absolute atomic E-state index is 12.3. The van der Waals surface area contributed by atoms with E-state index in [1.165, 1.54) is 41.2 Å². The molecule has 12 nitrogen and oxygen atoms in total. The SMILES string of the molecule is C[N+](C)(C)Cc1ccccc1.O=C(Nc1ccc(OCc2ccccc2)cc1)c1ccc(Cl)c([N+](=O)[O-])c1.O=[N+]([O-])c1cc(-c2nc3ccc(OCc4ccccc4)cc3s2)ccc1Cl. The molecule has 0 bridgehead atoms. The minimum atomic E-state index is -0.627. The number of hydrogen-bond donors (Lipinski definition) is 1. The number of carbonyl (C=O) groups is 1. The quantitative estimate of drug-likeness (QED) is 0.0683. The van der Waals surface area contributed by atoms with Crippen LogP contribution in [0.1, 0.15) is 27.0 Å². The normalized spacial score (nSPS) is 10.7. The van der Waals surface area contributed by atoms with Crippen LogP contribution in [0.3, 0.4) is 0 Å². The largest absolute Gasteiger partial charge is 0.489 e. The Morgan fingerprint density at radius 2 is 1.14 bits per heavy atom. The van der Waals surface area contributed by atoms with Gasteiger partial charge in [-0.3, -0.25) is 25.0 Å². The summed E-state index contributed by atoms with van der Waals surface area (Å²) in [5.74, 6) is 0.954. The van der Waals surface area contributed by atoms with Crippen LogP contribution in [0.5, 0.6) is 11.5 Å². The number of thiazole rings is 1. The van der Waals surface area contributed by atoms with Gasteiger partial charge in [-0.15, -0.1) is 11.3 Å². The molecule has 0 unspecified atom stereocenters. The van der Waals surface area contributed by atoms with Crippen LogP contribution in [-0.2, 0) is 19.8 Å². The Bertz CT molecular complexity index is 2860. The van der Waals surface area contributed by atoms with Gasteiger partial charge in [-0.1, -0.05) is 114 Å². The highest BCUT2D eigenvalue weighted by atomic mass is 35.5. The second kappa shape index (κ2) is 22.5. The first kappa shape index (κ1) is 47.3. The molecule has 0 radical (unpaired) electrons. The first-order valence-electron chi connectivity index (χ1n) is 20.1. The molecular weight excluding hydrogens is 886 g/mol. The van der Waals surface area contributed by atoms with E-state index in [2.05, 4.69) is 61.8 Å². The van der Waals surface area contributed by atoms with Crippen LogP contribution >= 0.6 is 34.5 Å². The Morgan fingerprint density at radius 1 is 0.631 bits per heavy atom. The molecule has 65 heavy (non-hydrogen) atoms. The number of nitro groups is 2. The van der Waals surface area contributed by atoms with Crippen molar-refractivity contribution in [1.29, 1.82) is 0 Å². The molecule has 0 atom stereocenters. The smallest absolute Gasteiger partial charge is 0.288 e. The van der Waals surface area contributed by atoms with Crippen molar-refractivity contribution >= 4 is 67.7 Å². The zero-order chi connectivity index (χ0) is 46.3. The summed E-state index contributed by atoms with van der Waals surface area (Å²) >= 11 is 13.1. The number of fused-ring (bicyclic) bond motifs is 1. The van der Waals surface area contributed by atoms with Crippen molar-refractivity contribution in [3.8, 4) is 22.1 Å². The average Bonchev–Trinajstić information content (AvgIpc) is 3.73. The van der Waals surface area contributed by atoms with Crippen molar-refractivity contribution in [2.24, 2.45) is 0 Å². The fourth-order valence-electron chi connectivity index (χ4n) is 6.15. The summed E-state index contributed by atoms with van der Waals surface area (Å²) in [6.07, 6.45) is 0. The number of quaternary nitrogens is 1. The zero-order valence-corrected chi connectivity index (χ0v) is 37.9. The van der Waals surface area contributed by atoms with Crippen LogP contribution < -0.4 is 14.8 Å². The Morgan fingerprint density at radius 3 is 1.69 bits per heavy atom. The molecule has 0 aliphatic rings. The highest BCUT2D eigenvalue weighted by Crippen LogP contribution is 2.36. The number of carbonyl (C=O) groups excluding carboxylic acids is 1. The second-order valence-electron chi connectivity index (χ2n) is 15.5. The van der Waals surface area contributed by atoms with Gasteiger partial charge in [-0.05, 0) is 77.9 Å². The van der Waals surface area contributed by atoms with Gasteiger partial charge in [0.2, 0.25) is 0 Å². The fourth-order valence-corrected chi connectivity index (χ4v) is 7.51. The van der Waals surface area contributed by atoms with E-state index in [0.29, 0.717) is 35.2 Å². The number of hydrogen-bond acceptors (Lipinski definition) is 9. The van der Waals surface area contributed by atoms with Gasteiger partial charge in [0.1, 0.15) is 46.3 Å². The summed E-state index contributed by atoms with van der Waals surface area (Å²) < 4.78 is 13.5. The van der Waals surface area contributed by atoms with Gasteiger partial charge in [-0.25, -0.2) is 4.98 Å². The lowest BCUT2D eigenvalue weighted by molar-refractivity contribution is -0.884. The third kappa shape index (κ3) is 14.4. The number of benzene rings is 7. The minimum absolute atomic E-state index is 0.0172. The van der Waals surface area contributed by atoms with Gasteiger partial charge >= 0.3 is 0 Å². The van der Waals surface area contributed by atoms with E-state index in [9.17, 15) is 25.0 Å². The summed E-state index contributed by atoms with van der Waals surface area (Å²) in [7, 11) is 6.60. The molecule has 1 amide bonds. The first-order valence-corrected chi connectivity index (χ1v) is 21.7. The third-order valence-corrected chi connectivity index (χ3v) is 11.0. The van der Waals surface area contributed by atoms with Crippen LogP contribution in [0.25, 0.3) is 20.8 Å². The Kier molecular flexibility index (Phi) is 16.3. The average molecular weight is 930 g/mol. The number of nitrogens with one attached hydrogen (secondary N) is 1. The number of ether oxygens (including phenoxy) is 2. The van der Waals surface area contributed by atoms with Crippen LogP contribution in [0.15, 0.2) is 170 Å². The van der Waals surface area contributed by atoms with Crippen LogP contribution in [0, 0.1) is 20.2 Å². The molecule has 0 aliphatic heterocycles. The predicted molar refractivity (Wildman–Crippen MR) is 259 cm³/mol. The molecule has 1 N–H and O–H groups in total. The number of amides is 1. The summed E-state index contributed by atoms with van der Waals surface area (Å²) in [5.41, 5.74) is 5.29. The number of aromatic nitrogens is 1. The van der Waals surface area contributed by atoms with E-state index in [4.69, 9.17) is 32.7 Å². The van der Waals surface area contributed by atoms with Gasteiger partial charge in [0.05, 0.1) is 41.2 Å². The second-order valence-corrected chi connectivity index (χ2v) is 17.3. The monoisotopic (exact) mass is 928 g/mol. The molecule has 15 heteroatoms. The molecule has 8 aromatic rings. The number of nitrogens with zero attached hydrogens (tertiary/aromatic N) is 4. The molecule has 7 aromatic carbocycles. The summed E-state index contributed by atoms with van der Waals surface area (Å²) in [6, 6.07) is 51.5. The summed E-state index contributed by atoms with van der Waals surface area (Å²) in [6.45, 7) is 2.03. The maximum atomic E-state index is 12.3. The molecule has 0 saturated carbocycles. The van der Waals surface area contributed by atoms with Crippen molar-refractivity contribution < 1.29 is 28.6 Å². The van der Waals surface area contributed by atoms with E-state index in [1.54, 1.807) is 30.3 Å². The molecular formula is C50H44Cl2N5O7S+. The van der Waals surface area contributed by atoms with Crippen LogP contribution in [-0.4, -0.2) is 46.4 Å². The lowest BCUT2D eigenvalue weighted by Crippen LogP contribution is -2.33. The molecule has 0 saturated heterocycles. The molecule has 0 spiro atoms.